The number of aromatic nitrogens is 3. The van der Waals surface area contributed by atoms with Crippen molar-refractivity contribution < 1.29 is 9.21 Å². The number of aryl methyl sites for hydroxylation is 1. The molecule has 1 aliphatic rings. The summed E-state index contributed by atoms with van der Waals surface area (Å²) in [6.07, 6.45) is 8.45. The van der Waals surface area contributed by atoms with Crippen LogP contribution in [0, 0.1) is 0 Å². The number of allylic oxidation sites excluding steroid dienone is 1. The fourth-order valence-electron chi connectivity index (χ4n) is 3.78. The molecule has 1 aromatic carbocycles. The van der Waals surface area contributed by atoms with Crippen LogP contribution in [-0.2, 0) is 11.2 Å². The summed E-state index contributed by atoms with van der Waals surface area (Å²) >= 11 is 0. The molecule has 3 aromatic heterocycles. The highest BCUT2D eigenvalue weighted by Crippen LogP contribution is 2.32. The van der Waals surface area contributed by atoms with Gasteiger partial charge in [-0.2, -0.15) is 0 Å². The summed E-state index contributed by atoms with van der Waals surface area (Å²) in [7, 11) is 0. The van der Waals surface area contributed by atoms with Crippen molar-refractivity contribution in [2.45, 2.75) is 26.2 Å². The molecule has 5 rings (SSSR count). The molecule has 6 heteroatoms. The van der Waals surface area contributed by atoms with E-state index in [4.69, 9.17) is 9.41 Å². The highest BCUT2D eigenvalue weighted by molar-refractivity contribution is 6.42. The second-order valence-electron chi connectivity index (χ2n) is 7.47. The summed E-state index contributed by atoms with van der Waals surface area (Å²) in [6, 6.07) is 12.0. The molecule has 4 aromatic rings. The van der Waals surface area contributed by atoms with Gasteiger partial charge in [-0.25, -0.2) is 9.98 Å². The lowest BCUT2D eigenvalue weighted by Crippen LogP contribution is -2.12. The maximum Gasteiger partial charge on any atom is 0.242 e. The Kier molecular flexibility index (Phi) is 4.59. The minimum atomic E-state index is 0.107. The quantitative estimate of drug-likeness (QED) is 0.497. The van der Waals surface area contributed by atoms with Crippen molar-refractivity contribution in [1.29, 1.82) is 0 Å². The monoisotopic (exact) mass is 396 g/mol. The molecule has 0 aliphatic carbocycles. The number of nitrogens with one attached hydrogen (secondary N) is 1. The summed E-state index contributed by atoms with van der Waals surface area (Å²) in [5.74, 6) is 0.666. The first-order valence-electron chi connectivity index (χ1n) is 9.90. The lowest BCUT2D eigenvalue weighted by atomic mass is 10.0. The van der Waals surface area contributed by atoms with Crippen LogP contribution in [0.4, 0.5) is 0 Å². The molecular formula is C24H20N4O2. The van der Waals surface area contributed by atoms with Crippen LogP contribution in [-0.4, -0.2) is 26.4 Å². The third-order valence-corrected chi connectivity index (χ3v) is 5.35. The Hall–Kier alpha value is -3.80. The normalized spacial score (nSPS) is 13.8. The first-order valence-corrected chi connectivity index (χ1v) is 9.90. The van der Waals surface area contributed by atoms with E-state index in [9.17, 15) is 4.79 Å². The van der Waals surface area contributed by atoms with Gasteiger partial charge in [0.25, 0.3) is 0 Å². The zero-order valence-corrected chi connectivity index (χ0v) is 16.6. The average Bonchev–Trinajstić information content (AvgIpc) is 3.51. The van der Waals surface area contributed by atoms with E-state index in [1.54, 1.807) is 24.9 Å². The van der Waals surface area contributed by atoms with Crippen LogP contribution in [0.25, 0.3) is 28.2 Å². The number of carbonyl (C=O) groups excluding carboxylic acids is 1. The molecule has 0 saturated carbocycles. The number of pyridine rings is 1. The van der Waals surface area contributed by atoms with Gasteiger partial charge in [0.2, 0.25) is 5.89 Å². The van der Waals surface area contributed by atoms with Crippen LogP contribution in [0.1, 0.15) is 30.9 Å². The van der Waals surface area contributed by atoms with Gasteiger partial charge in [-0.15, -0.1) is 0 Å². The molecule has 30 heavy (non-hydrogen) atoms. The number of H-pyrrole nitrogens is 1. The van der Waals surface area contributed by atoms with Crippen molar-refractivity contribution in [3.63, 3.8) is 0 Å². The van der Waals surface area contributed by atoms with Gasteiger partial charge in [-0.05, 0) is 54.8 Å². The van der Waals surface area contributed by atoms with Crippen LogP contribution in [0.2, 0.25) is 0 Å². The number of Topliss-reactive ketones (excluding diaryl/α,β-unsaturated/α-hetero) is 1. The van der Waals surface area contributed by atoms with Crippen molar-refractivity contribution >= 4 is 28.1 Å². The number of hydrogen-bond donors (Lipinski definition) is 1. The lowest BCUT2D eigenvalue weighted by Gasteiger charge is -2.02. The molecule has 148 valence electrons. The number of hydrogen-bond acceptors (Lipinski definition) is 5. The highest BCUT2D eigenvalue weighted by Gasteiger charge is 2.21. The second kappa shape index (κ2) is 7.55. The number of ketones is 1. The van der Waals surface area contributed by atoms with E-state index in [0.717, 1.165) is 39.0 Å². The topological polar surface area (TPSA) is 84.1 Å². The van der Waals surface area contributed by atoms with Crippen LogP contribution in [0.5, 0.6) is 0 Å². The Labute approximate surface area is 173 Å². The van der Waals surface area contributed by atoms with Gasteiger partial charge < -0.3 is 9.40 Å². The smallest absolute Gasteiger partial charge is 0.242 e. The number of carbonyl (C=O) groups is 1. The van der Waals surface area contributed by atoms with Gasteiger partial charge in [-0.3, -0.25) is 9.78 Å². The van der Waals surface area contributed by atoms with E-state index in [1.165, 1.54) is 0 Å². The Balaban J connectivity index is 1.36. The highest BCUT2D eigenvalue weighted by atomic mass is 16.3. The Morgan fingerprint density at radius 1 is 1.13 bits per heavy atom. The molecule has 0 amide bonds. The fourth-order valence-corrected chi connectivity index (χ4v) is 3.78. The molecule has 0 atom stereocenters. The van der Waals surface area contributed by atoms with E-state index in [-0.39, 0.29) is 5.78 Å². The molecule has 0 fully saturated rings. The van der Waals surface area contributed by atoms with Crippen molar-refractivity contribution in [3.8, 4) is 11.6 Å². The molecule has 0 unspecified atom stereocenters. The van der Waals surface area contributed by atoms with Gasteiger partial charge in [0.15, 0.2) is 5.78 Å². The van der Waals surface area contributed by atoms with Gasteiger partial charge in [0.1, 0.15) is 12.0 Å². The standard InChI is InChI=1S/C24H20N4O2/c1-15-12-20(22(29)5-2-16-6-8-25-9-7-16)28-23(15)17-3-4-19-18(13-17)14-21(27-19)24-26-10-11-30-24/h3-4,6-11,13-14,27H,2,5,12H2,1H3. The van der Waals surface area contributed by atoms with Crippen molar-refractivity contribution in [1.82, 2.24) is 15.0 Å². The number of benzene rings is 1. The molecule has 1 N–H and O–H groups in total. The third-order valence-electron chi connectivity index (χ3n) is 5.35. The summed E-state index contributed by atoms with van der Waals surface area (Å²) < 4.78 is 5.38. The predicted molar refractivity (Wildman–Crippen MR) is 116 cm³/mol. The van der Waals surface area contributed by atoms with Crippen LogP contribution >= 0.6 is 0 Å². The number of rotatable bonds is 6. The van der Waals surface area contributed by atoms with Crippen LogP contribution < -0.4 is 0 Å². The SMILES string of the molecule is CC1=C(c2ccc3[nH]c(-c4ncco4)cc3c2)N=C(C(=O)CCc2ccncc2)C1. The number of oxazole rings is 1. The van der Waals surface area contributed by atoms with E-state index < -0.39 is 0 Å². The predicted octanol–water partition coefficient (Wildman–Crippen LogP) is 5.00. The van der Waals surface area contributed by atoms with Crippen LogP contribution in [0.3, 0.4) is 0 Å². The summed E-state index contributed by atoms with van der Waals surface area (Å²) in [4.78, 5) is 28.9. The number of fused-ring (bicyclic) bond motifs is 1. The van der Waals surface area contributed by atoms with Gasteiger partial charge in [-0.1, -0.05) is 6.07 Å². The van der Waals surface area contributed by atoms with Crippen molar-refractivity contribution in [3.05, 3.63) is 78.0 Å². The maximum atomic E-state index is 12.7. The van der Waals surface area contributed by atoms with Crippen LogP contribution in [0.15, 0.2) is 76.2 Å². The lowest BCUT2D eigenvalue weighted by molar-refractivity contribution is -0.113. The molecular weight excluding hydrogens is 376 g/mol. The molecule has 6 nitrogen and oxygen atoms in total. The largest absolute Gasteiger partial charge is 0.443 e. The molecule has 1 aliphatic heterocycles. The fraction of sp³-hybridized carbons (Fsp3) is 0.167. The minimum Gasteiger partial charge on any atom is -0.443 e. The zero-order valence-electron chi connectivity index (χ0n) is 16.6. The average molecular weight is 396 g/mol. The summed E-state index contributed by atoms with van der Waals surface area (Å²) in [5, 5.41) is 1.05. The van der Waals surface area contributed by atoms with Gasteiger partial charge in [0, 0.05) is 41.7 Å². The van der Waals surface area contributed by atoms with E-state index in [0.29, 0.717) is 30.9 Å². The summed E-state index contributed by atoms with van der Waals surface area (Å²) in [6.45, 7) is 2.04. The van der Waals surface area contributed by atoms with Crippen molar-refractivity contribution in [2.75, 3.05) is 0 Å². The van der Waals surface area contributed by atoms with E-state index in [2.05, 4.69) is 21.0 Å². The minimum absolute atomic E-state index is 0.107. The second-order valence-corrected chi connectivity index (χ2v) is 7.47. The number of nitrogens with zero attached hydrogens (tertiary/aromatic N) is 3. The first-order chi connectivity index (χ1) is 14.7. The number of aromatic amines is 1. The molecule has 0 saturated heterocycles. The Morgan fingerprint density at radius 2 is 2.00 bits per heavy atom. The third kappa shape index (κ3) is 3.48. The van der Waals surface area contributed by atoms with E-state index in [1.807, 2.05) is 37.3 Å². The molecule has 0 spiro atoms. The molecule has 4 heterocycles. The maximum absolute atomic E-state index is 12.7. The Bertz CT molecular complexity index is 1280. The van der Waals surface area contributed by atoms with Gasteiger partial charge in [0.05, 0.1) is 17.6 Å². The molecule has 0 bridgehead atoms. The number of aliphatic imine (C=N–C) groups is 1. The van der Waals surface area contributed by atoms with E-state index >= 15 is 0 Å². The first kappa shape index (κ1) is 18.2. The van der Waals surface area contributed by atoms with Gasteiger partial charge >= 0.3 is 0 Å². The Morgan fingerprint density at radius 3 is 2.80 bits per heavy atom. The zero-order chi connectivity index (χ0) is 20.5. The van der Waals surface area contributed by atoms with Crippen molar-refractivity contribution in [2.24, 2.45) is 4.99 Å². The summed E-state index contributed by atoms with van der Waals surface area (Å²) in [5.41, 5.74) is 6.61. The molecule has 0 radical (unpaired) electrons.